The quantitative estimate of drug-likeness (QED) is 0.654. The van der Waals surface area contributed by atoms with Crippen molar-refractivity contribution in [3.63, 3.8) is 0 Å². The van der Waals surface area contributed by atoms with Gasteiger partial charge >= 0.3 is 6.18 Å². The highest BCUT2D eigenvalue weighted by Gasteiger charge is 2.27. The van der Waals surface area contributed by atoms with E-state index in [1.165, 1.54) is 0 Å². The Balaban J connectivity index is 3.58. The molecule has 2 N–H and O–H groups in total. The van der Waals surface area contributed by atoms with Crippen LogP contribution in [-0.4, -0.2) is 44.4 Å². The first-order valence-electron chi connectivity index (χ1n) is 5.88. The summed E-state index contributed by atoms with van der Waals surface area (Å²) in [6.07, 6.45) is -4.31. The van der Waals surface area contributed by atoms with Crippen molar-refractivity contribution in [2.75, 3.05) is 26.3 Å². The van der Waals surface area contributed by atoms with E-state index in [-0.39, 0.29) is 19.1 Å². The second kappa shape index (κ2) is 8.31. The SMILES string of the molecule is CC(C)CNC(=O)C(C)NCCOCC(F)(F)F. The fourth-order valence-electron chi connectivity index (χ4n) is 1.09. The van der Waals surface area contributed by atoms with E-state index < -0.39 is 18.8 Å². The molecule has 108 valence electrons. The molecule has 7 heteroatoms. The number of ether oxygens (including phenoxy) is 1. The van der Waals surface area contributed by atoms with E-state index in [0.717, 1.165) is 0 Å². The minimum absolute atomic E-state index is 0.0820. The number of carbonyl (C=O) groups excluding carboxylic acids is 1. The number of nitrogens with one attached hydrogen (secondary N) is 2. The molecular formula is C11H21F3N2O2. The highest BCUT2D eigenvalue weighted by Crippen LogP contribution is 2.13. The molecule has 0 bridgehead atoms. The number of carbonyl (C=O) groups is 1. The Hall–Kier alpha value is -0.820. The van der Waals surface area contributed by atoms with Gasteiger partial charge in [-0.15, -0.1) is 0 Å². The smallest absolute Gasteiger partial charge is 0.371 e. The summed E-state index contributed by atoms with van der Waals surface area (Å²) in [5.74, 6) is 0.191. The Bertz CT molecular complexity index is 245. The number of halogens is 3. The molecule has 0 fully saturated rings. The average Bonchev–Trinajstić information content (AvgIpc) is 2.23. The summed E-state index contributed by atoms with van der Waals surface area (Å²) in [7, 11) is 0. The van der Waals surface area contributed by atoms with Gasteiger partial charge in [0.1, 0.15) is 6.61 Å². The second-order valence-corrected chi connectivity index (χ2v) is 4.48. The van der Waals surface area contributed by atoms with Crippen molar-refractivity contribution in [2.24, 2.45) is 5.92 Å². The Labute approximate surface area is 105 Å². The normalized spacial score (nSPS) is 13.7. The number of alkyl halides is 3. The number of hydrogen-bond donors (Lipinski definition) is 2. The largest absolute Gasteiger partial charge is 0.411 e. The summed E-state index contributed by atoms with van der Waals surface area (Å²) in [5.41, 5.74) is 0. The molecule has 1 unspecified atom stereocenters. The van der Waals surface area contributed by atoms with Gasteiger partial charge in [-0.05, 0) is 12.8 Å². The van der Waals surface area contributed by atoms with Gasteiger partial charge in [-0.1, -0.05) is 13.8 Å². The van der Waals surface area contributed by atoms with Crippen molar-refractivity contribution in [3.05, 3.63) is 0 Å². The second-order valence-electron chi connectivity index (χ2n) is 4.48. The van der Waals surface area contributed by atoms with Crippen molar-refractivity contribution >= 4 is 5.91 Å². The van der Waals surface area contributed by atoms with Gasteiger partial charge in [0.2, 0.25) is 5.91 Å². The fraction of sp³-hybridized carbons (Fsp3) is 0.909. The molecule has 18 heavy (non-hydrogen) atoms. The maximum absolute atomic E-state index is 11.7. The van der Waals surface area contributed by atoms with Gasteiger partial charge in [0, 0.05) is 13.1 Å². The zero-order chi connectivity index (χ0) is 14.2. The van der Waals surface area contributed by atoms with Gasteiger partial charge in [0.15, 0.2) is 0 Å². The third-order valence-electron chi connectivity index (χ3n) is 2.04. The van der Waals surface area contributed by atoms with Crippen LogP contribution in [0, 0.1) is 5.92 Å². The first-order valence-corrected chi connectivity index (χ1v) is 5.88. The summed E-state index contributed by atoms with van der Waals surface area (Å²) >= 11 is 0. The number of hydrogen-bond acceptors (Lipinski definition) is 3. The van der Waals surface area contributed by atoms with Gasteiger partial charge in [-0.25, -0.2) is 0 Å². The summed E-state index contributed by atoms with van der Waals surface area (Å²) in [5, 5.41) is 5.51. The molecule has 0 saturated heterocycles. The number of amides is 1. The van der Waals surface area contributed by atoms with E-state index in [9.17, 15) is 18.0 Å². The van der Waals surface area contributed by atoms with Crippen LogP contribution in [0.25, 0.3) is 0 Å². The van der Waals surface area contributed by atoms with E-state index in [2.05, 4.69) is 15.4 Å². The zero-order valence-electron chi connectivity index (χ0n) is 10.9. The van der Waals surface area contributed by atoms with Crippen LogP contribution in [-0.2, 0) is 9.53 Å². The monoisotopic (exact) mass is 270 g/mol. The third-order valence-corrected chi connectivity index (χ3v) is 2.04. The lowest BCUT2D eigenvalue weighted by atomic mass is 10.2. The minimum Gasteiger partial charge on any atom is -0.371 e. The summed E-state index contributed by atoms with van der Waals surface area (Å²) in [6.45, 7) is 5.04. The van der Waals surface area contributed by atoms with Crippen molar-refractivity contribution in [1.82, 2.24) is 10.6 Å². The van der Waals surface area contributed by atoms with Crippen LogP contribution >= 0.6 is 0 Å². The lowest BCUT2D eigenvalue weighted by molar-refractivity contribution is -0.173. The summed E-state index contributed by atoms with van der Waals surface area (Å²) < 4.78 is 39.6. The molecule has 0 aliphatic carbocycles. The van der Waals surface area contributed by atoms with Crippen LogP contribution in [0.4, 0.5) is 13.2 Å². The molecule has 0 saturated carbocycles. The highest BCUT2D eigenvalue weighted by atomic mass is 19.4. The first kappa shape index (κ1) is 17.2. The molecule has 0 aliphatic rings. The predicted molar refractivity (Wildman–Crippen MR) is 62.2 cm³/mol. The molecule has 0 rings (SSSR count). The predicted octanol–water partition coefficient (Wildman–Crippen LogP) is 1.32. The van der Waals surface area contributed by atoms with Crippen LogP contribution in [0.2, 0.25) is 0 Å². The fourth-order valence-corrected chi connectivity index (χ4v) is 1.09. The minimum atomic E-state index is -4.31. The standard InChI is InChI=1S/C11H21F3N2O2/c1-8(2)6-16-10(17)9(3)15-4-5-18-7-11(12,13)14/h8-9,15H,4-7H2,1-3H3,(H,16,17). The van der Waals surface area contributed by atoms with Gasteiger partial charge in [0.05, 0.1) is 12.6 Å². The summed E-state index contributed by atoms with van der Waals surface area (Å²) in [4.78, 5) is 11.5. The van der Waals surface area contributed by atoms with Gasteiger partial charge < -0.3 is 15.4 Å². The molecule has 0 spiro atoms. The van der Waals surface area contributed by atoms with Crippen LogP contribution in [0.1, 0.15) is 20.8 Å². The van der Waals surface area contributed by atoms with E-state index in [1.54, 1.807) is 6.92 Å². The molecule has 0 heterocycles. The van der Waals surface area contributed by atoms with Crippen molar-refractivity contribution in [3.8, 4) is 0 Å². The third kappa shape index (κ3) is 10.3. The Morgan fingerprint density at radius 1 is 1.28 bits per heavy atom. The maximum Gasteiger partial charge on any atom is 0.411 e. The van der Waals surface area contributed by atoms with Crippen LogP contribution in [0.3, 0.4) is 0 Å². The lowest BCUT2D eigenvalue weighted by Crippen LogP contribution is -2.44. The highest BCUT2D eigenvalue weighted by molar-refractivity contribution is 5.81. The van der Waals surface area contributed by atoms with Crippen LogP contribution < -0.4 is 10.6 Å². The van der Waals surface area contributed by atoms with Gasteiger partial charge in [0.25, 0.3) is 0 Å². The van der Waals surface area contributed by atoms with Crippen LogP contribution in [0.15, 0.2) is 0 Å². The van der Waals surface area contributed by atoms with Crippen molar-refractivity contribution in [2.45, 2.75) is 33.0 Å². The molecule has 0 aromatic rings. The van der Waals surface area contributed by atoms with E-state index in [0.29, 0.717) is 12.5 Å². The first-order chi connectivity index (χ1) is 8.22. The molecule has 1 amide bonds. The van der Waals surface area contributed by atoms with Crippen molar-refractivity contribution in [1.29, 1.82) is 0 Å². The molecule has 0 aromatic heterocycles. The molecule has 0 radical (unpaired) electrons. The topological polar surface area (TPSA) is 50.4 Å². The van der Waals surface area contributed by atoms with Gasteiger partial charge in [-0.2, -0.15) is 13.2 Å². The molecule has 4 nitrogen and oxygen atoms in total. The van der Waals surface area contributed by atoms with Crippen LogP contribution in [0.5, 0.6) is 0 Å². The van der Waals surface area contributed by atoms with E-state index in [4.69, 9.17) is 0 Å². The maximum atomic E-state index is 11.7. The Morgan fingerprint density at radius 3 is 2.39 bits per heavy atom. The lowest BCUT2D eigenvalue weighted by Gasteiger charge is -2.15. The molecule has 0 aromatic carbocycles. The van der Waals surface area contributed by atoms with Crippen molar-refractivity contribution < 1.29 is 22.7 Å². The summed E-state index contributed by atoms with van der Waals surface area (Å²) in [6, 6.07) is -0.446. The zero-order valence-corrected chi connectivity index (χ0v) is 10.9. The number of rotatable bonds is 8. The average molecular weight is 270 g/mol. The van der Waals surface area contributed by atoms with E-state index in [1.807, 2.05) is 13.8 Å². The Kier molecular flexibility index (Phi) is 7.93. The van der Waals surface area contributed by atoms with Gasteiger partial charge in [-0.3, -0.25) is 4.79 Å². The molecule has 1 atom stereocenters. The molecular weight excluding hydrogens is 249 g/mol. The molecule has 0 aliphatic heterocycles. The Morgan fingerprint density at radius 2 is 1.89 bits per heavy atom. The van der Waals surface area contributed by atoms with E-state index >= 15 is 0 Å².